The lowest BCUT2D eigenvalue weighted by Crippen LogP contribution is -2.44. The first-order chi connectivity index (χ1) is 10.6. The molecule has 0 amide bonds. The minimum absolute atomic E-state index is 0.182. The van der Waals surface area contributed by atoms with Crippen LogP contribution in [0.25, 0.3) is 0 Å². The molecule has 3 rings (SSSR count). The van der Waals surface area contributed by atoms with E-state index in [9.17, 15) is 8.42 Å². The fraction of sp³-hybridized carbons (Fsp3) is 0.750. The predicted octanol–water partition coefficient (Wildman–Crippen LogP) is 3.09. The molecule has 3 heterocycles. The van der Waals surface area contributed by atoms with Crippen molar-refractivity contribution in [3.8, 4) is 0 Å². The van der Waals surface area contributed by atoms with Crippen LogP contribution in [0.15, 0.2) is 16.3 Å². The minimum atomic E-state index is -3.30. The Morgan fingerprint density at radius 2 is 1.86 bits per heavy atom. The number of nitrogens with zero attached hydrogens (tertiary/aromatic N) is 2. The highest BCUT2D eigenvalue weighted by Gasteiger charge is 2.34. The Bertz CT molecular complexity index is 591. The van der Waals surface area contributed by atoms with Gasteiger partial charge in [-0.2, -0.15) is 4.31 Å². The third-order valence-corrected chi connectivity index (χ3v) is 8.25. The SMILES string of the molecule is Cc1ccc(S(=O)(=O)N2CCCC[C@H]2CCN2CCCC2)s1. The first-order valence-electron chi connectivity index (χ1n) is 8.38. The Morgan fingerprint density at radius 1 is 1.14 bits per heavy atom. The summed E-state index contributed by atoms with van der Waals surface area (Å²) in [5.74, 6) is 0. The molecule has 1 atom stereocenters. The zero-order chi connectivity index (χ0) is 15.6. The lowest BCUT2D eigenvalue weighted by atomic mass is 10.0. The molecule has 0 saturated carbocycles. The molecule has 22 heavy (non-hydrogen) atoms. The molecule has 0 spiro atoms. The third kappa shape index (κ3) is 3.55. The second-order valence-corrected chi connectivity index (χ2v) is 9.87. The molecule has 0 aromatic carbocycles. The Morgan fingerprint density at radius 3 is 2.55 bits per heavy atom. The molecule has 1 aromatic heterocycles. The Balaban J connectivity index is 1.71. The molecular weight excluding hydrogens is 316 g/mol. The van der Waals surface area contributed by atoms with E-state index >= 15 is 0 Å². The highest BCUT2D eigenvalue weighted by molar-refractivity contribution is 7.91. The van der Waals surface area contributed by atoms with Gasteiger partial charge in [-0.25, -0.2) is 8.42 Å². The number of sulfonamides is 1. The number of rotatable bonds is 5. The van der Waals surface area contributed by atoms with Gasteiger partial charge in [0.1, 0.15) is 4.21 Å². The summed E-state index contributed by atoms with van der Waals surface area (Å²) in [6, 6.07) is 3.85. The third-order valence-electron chi connectivity index (χ3n) is 4.83. The van der Waals surface area contributed by atoms with Crippen LogP contribution in [-0.2, 0) is 10.0 Å². The number of likely N-dealkylation sites (tertiary alicyclic amines) is 1. The van der Waals surface area contributed by atoms with Crippen molar-refractivity contribution in [3.05, 3.63) is 17.0 Å². The quantitative estimate of drug-likeness (QED) is 0.826. The van der Waals surface area contributed by atoms with Crippen LogP contribution >= 0.6 is 11.3 Å². The molecule has 2 saturated heterocycles. The van der Waals surface area contributed by atoms with Crippen LogP contribution in [0.2, 0.25) is 0 Å². The summed E-state index contributed by atoms with van der Waals surface area (Å²) in [4.78, 5) is 3.54. The van der Waals surface area contributed by atoms with E-state index in [1.54, 1.807) is 10.4 Å². The van der Waals surface area contributed by atoms with E-state index in [4.69, 9.17) is 0 Å². The van der Waals surface area contributed by atoms with Crippen molar-refractivity contribution in [3.63, 3.8) is 0 Å². The van der Waals surface area contributed by atoms with Gasteiger partial charge in [-0.3, -0.25) is 0 Å². The Labute approximate surface area is 138 Å². The van der Waals surface area contributed by atoms with Crippen LogP contribution in [0, 0.1) is 6.92 Å². The van der Waals surface area contributed by atoms with E-state index in [-0.39, 0.29) is 6.04 Å². The standard InChI is InChI=1S/C16H26N2O2S2/c1-14-7-8-16(21-14)22(19,20)18-12-3-2-6-15(18)9-13-17-10-4-5-11-17/h7-8,15H,2-6,9-13H2,1H3/t15-/m0/s1. The van der Waals surface area contributed by atoms with Crippen LogP contribution in [0.1, 0.15) is 43.4 Å². The summed E-state index contributed by atoms with van der Waals surface area (Å²) >= 11 is 1.39. The topological polar surface area (TPSA) is 40.6 Å². The van der Waals surface area contributed by atoms with Gasteiger partial charge >= 0.3 is 0 Å². The van der Waals surface area contributed by atoms with E-state index in [2.05, 4.69) is 4.90 Å². The second kappa shape index (κ2) is 6.99. The molecule has 2 aliphatic rings. The second-order valence-electron chi connectivity index (χ2n) is 6.47. The normalized spacial score (nSPS) is 24.9. The average Bonchev–Trinajstić information content (AvgIpc) is 3.17. The summed E-state index contributed by atoms with van der Waals surface area (Å²) in [5.41, 5.74) is 0. The number of hydrogen-bond donors (Lipinski definition) is 0. The van der Waals surface area contributed by atoms with Gasteiger partial charge in [0.15, 0.2) is 0 Å². The van der Waals surface area contributed by atoms with E-state index in [1.807, 2.05) is 13.0 Å². The lowest BCUT2D eigenvalue weighted by Gasteiger charge is -2.35. The molecule has 4 nitrogen and oxygen atoms in total. The molecule has 0 radical (unpaired) electrons. The molecule has 2 fully saturated rings. The molecule has 0 unspecified atom stereocenters. The van der Waals surface area contributed by atoms with E-state index in [1.165, 1.54) is 37.3 Å². The molecule has 0 bridgehead atoms. The highest BCUT2D eigenvalue weighted by atomic mass is 32.2. The Hall–Kier alpha value is -0.430. The van der Waals surface area contributed by atoms with Crippen molar-refractivity contribution in [1.82, 2.24) is 9.21 Å². The zero-order valence-electron chi connectivity index (χ0n) is 13.3. The number of piperidine rings is 1. The lowest BCUT2D eigenvalue weighted by molar-refractivity contribution is 0.213. The van der Waals surface area contributed by atoms with Gasteiger partial charge in [-0.1, -0.05) is 6.42 Å². The largest absolute Gasteiger partial charge is 0.303 e. The summed E-state index contributed by atoms with van der Waals surface area (Å²) in [6.45, 7) is 6.06. The first kappa shape index (κ1) is 16.4. The molecular formula is C16H26N2O2S2. The van der Waals surface area contributed by atoms with Gasteiger partial charge in [0, 0.05) is 17.5 Å². The van der Waals surface area contributed by atoms with Crippen molar-refractivity contribution < 1.29 is 8.42 Å². The minimum Gasteiger partial charge on any atom is -0.303 e. The van der Waals surface area contributed by atoms with E-state index in [0.29, 0.717) is 10.8 Å². The summed E-state index contributed by atoms with van der Waals surface area (Å²) in [7, 11) is -3.30. The van der Waals surface area contributed by atoms with Crippen LogP contribution in [-0.4, -0.2) is 49.8 Å². The molecule has 0 aliphatic carbocycles. The van der Waals surface area contributed by atoms with E-state index in [0.717, 1.165) is 37.1 Å². The average molecular weight is 343 g/mol. The maximum absolute atomic E-state index is 12.9. The number of hydrogen-bond acceptors (Lipinski definition) is 4. The van der Waals surface area contributed by atoms with Crippen molar-refractivity contribution in [2.75, 3.05) is 26.2 Å². The van der Waals surface area contributed by atoms with Crippen molar-refractivity contribution in [1.29, 1.82) is 0 Å². The molecule has 6 heteroatoms. The van der Waals surface area contributed by atoms with Gasteiger partial charge in [-0.05, 0) is 70.8 Å². The maximum Gasteiger partial charge on any atom is 0.252 e. The van der Waals surface area contributed by atoms with Crippen LogP contribution in [0.5, 0.6) is 0 Å². The molecule has 1 aromatic rings. The molecule has 0 N–H and O–H groups in total. The smallest absolute Gasteiger partial charge is 0.252 e. The van der Waals surface area contributed by atoms with Crippen molar-refractivity contribution >= 4 is 21.4 Å². The molecule has 2 aliphatic heterocycles. The summed E-state index contributed by atoms with van der Waals surface area (Å²) in [5, 5.41) is 0. The van der Waals surface area contributed by atoms with Gasteiger partial charge in [0.2, 0.25) is 0 Å². The predicted molar refractivity (Wildman–Crippen MR) is 90.9 cm³/mol. The molecule has 124 valence electrons. The summed E-state index contributed by atoms with van der Waals surface area (Å²) < 4.78 is 28.2. The van der Waals surface area contributed by atoms with Gasteiger partial charge in [-0.15, -0.1) is 11.3 Å². The van der Waals surface area contributed by atoms with Crippen LogP contribution < -0.4 is 0 Å². The fourth-order valence-electron chi connectivity index (χ4n) is 3.58. The maximum atomic E-state index is 12.9. The van der Waals surface area contributed by atoms with Gasteiger partial charge in [0.05, 0.1) is 0 Å². The van der Waals surface area contributed by atoms with Crippen LogP contribution in [0.4, 0.5) is 0 Å². The number of thiophene rings is 1. The monoisotopic (exact) mass is 342 g/mol. The summed E-state index contributed by atoms with van der Waals surface area (Å²) in [6.07, 6.45) is 6.72. The first-order valence-corrected chi connectivity index (χ1v) is 10.6. The van der Waals surface area contributed by atoms with Crippen molar-refractivity contribution in [2.24, 2.45) is 0 Å². The highest BCUT2D eigenvalue weighted by Crippen LogP contribution is 2.30. The van der Waals surface area contributed by atoms with Crippen LogP contribution in [0.3, 0.4) is 0 Å². The fourth-order valence-corrected chi connectivity index (χ4v) is 6.72. The van der Waals surface area contributed by atoms with Gasteiger partial charge in [0.25, 0.3) is 10.0 Å². The van der Waals surface area contributed by atoms with Gasteiger partial charge < -0.3 is 4.90 Å². The zero-order valence-corrected chi connectivity index (χ0v) is 15.0. The van der Waals surface area contributed by atoms with E-state index < -0.39 is 10.0 Å². The Kier molecular flexibility index (Phi) is 5.22. The van der Waals surface area contributed by atoms with Crippen molar-refractivity contribution in [2.45, 2.75) is 55.7 Å². The number of aryl methyl sites for hydroxylation is 1.